The molecule has 0 saturated heterocycles. The number of nitrogens with one attached hydrogen (secondary N) is 2. The van der Waals surface area contributed by atoms with Gasteiger partial charge < -0.3 is 15.5 Å². The van der Waals surface area contributed by atoms with Gasteiger partial charge in [0.2, 0.25) is 0 Å². The van der Waals surface area contributed by atoms with Gasteiger partial charge in [0.15, 0.2) is 5.82 Å². The van der Waals surface area contributed by atoms with Crippen LogP contribution in [0.4, 0.5) is 19.4 Å². The van der Waals surface area contributed by atoms with Crippen molar-refractivity contribution in [2.24, 2.45) is 12.2 Å². The second-order valence-electron chi connectivity index (χ2n) is 9.86. The normalized spacial score (nSPS) is 12.5. The van der Waals surface area contributed by atoms with Gasteiger partial charge in [-0.25, -0.2) is 23.7 Å². The second-order valence-corrected chi connectivity index (χ2v) is 11.6. The molecule has 2 aromatic carbocycles. The first-order valence-corrected chi connectivity index (χ1v) is 14.1. The third-order valence-electron chi connectivity index (χ3n) is 5.88. The van der Waals surface area contributed by atoms with Gasteiger partial charge in [-0.05, 0) is 62.1 Å². The van der Waals surface area contributed by atoms with Crippen LogP contribution in [0.25, 0.3) is 22.0 Å². The molecule has 15 heteroatoms. The van der Waals surface area contributed by atoms with Crippen LogP contribution in [0.1, 0.15) is 36.8 Å². The number of nitrogens with zero attached hydrogens (tertiary/aromatic N) is 3. The van der Waals surface area contributed by atoms with E-state index in [-0.39, 0.29) is 39.6 Å². The van der Waals surface area contributed by atoms with Crippen molar-refractivity contribution in [3.63, 3.8) is 0 Å². The van der Waals surface area contributed by atoms with Crippen molar-refractivity contribution in [2.45, 2.75) is 31.9 Å². The molecule has 11 nitrogen and oxygen atoms in total. The van der Waals surface area contributed by atoms with E-state index in [4.69, 9.17) is 16.7 Å². The number of benzene rings is 2. The Balaban J connectivity index is 2.00. The molecule has 4 rings (SSSR count). The minimum atomic E-state index is -4.22. The minimum Gasteiger partial charge on any atom is -0.465 e. The number of fused-ring (bicyclic) bond motifs is 1. The van der Waals surface area contributed by atoms with Gasteiger partial charge in [-0.3, -0.25) is 9.40 Å². The molecule has 0 spiro atoms. The van der Waals surface area contributed by atoms with Crippen LogP contribution in [0.5, 0.6) is 0 Å². The molecule has 0 aliphatic heterocycles. The minimum absolute atomic E-state index is 0.121. The Hall–Kier alpha value is -4.29. The zero-order valence-electron chi connectivity index (χ0n) is 22.4. The quantitative estimate of drug-likeness (QED) is 0.196. The third kappa shape index (κ3) is 7.31. The second kappa shape index (κ2) is 11.5. The summed E-state index contributed by atoms with van der Waals surface area (Å²) in [5.41, 5.74) is 0.194. The Labute approximate surface area is 244 Å². The number of pyridine rings is 1. The van der Waals surface area contributed by atoms with Gasteiger partial charge in [-0.2, -0.15) is 13.5 Å². The number of carboxylic acid groups (broad SMARTS) is 1. The molecule has 1 amide bonds. The topological polar surface area (TPSA) is 172 Å². The number of rotatable bonds is 7. The van der Waals surface area contributed by atoms with Crippen LogP contribution in [-0.2, 0) is 23.7 Å². The highest BCUT2D eigenvalue weighted by molar-refractivity contribution is 7.90. The Morgan fingerprint density at radius 3 is 2.40 bits per heavy atom. The largest absolute Gasteiger partial charge is 0.465 e. The van der Waals surface area contributed by atoms with Gasteiger partial charge in [-0.1, -0.05) is 23.6 Å². The van der Waals surface area contributed by atoms with Crippen LogP contribution in [0.15, 0.2) is 42.5 Å². The molecule has 2 aromatic heterocycles. The van der Waals surface area contributed by atoms with Crippen LogP contribution >= 0.6 is 11.6 Å². The molecule has 0 radical (unpaired) electrons. The maximum atomic E-state index is 14.0. The summed E-state index contributed by atoms with van der Waals surface area (Å²) in [6.45, 7) is 2.95. The van der Waals surface area contributed by atoms with E-state index in [9.17, 15) is 32.2 Å². The monoisotopic (exact) mass is 618 g/mol. The number of aryl methyl sites for hydroxylation is 1. The molecule has 1 unspecified atom stereocenters. The molecule has 1 atom stereocenters. The van der Waals surface area contributed by atoms with E-state index in [0.717, 1.165) is 12.1 Å². The summed E-state index contributed by atoms with van der Waals surface area (Å²) in [6.07, 6.45) is -1.64. The number of aromatic nitrogens is 3. The zero-order chi connectivity index (χ0) is 31.0. The molecule has 0 aliphatic carbocycles. The molecule has 0 saturated carbocycles. The van der Waals surface area contributed by atoms with E-state index in [1.807, 2.05) is 0 Å². The SMILES string of the molecule is Cn1nc(NS(N)(=O)=O)c2c(Cl)ccc(-c3ccc(C#CC(C)(C)O)nc3C(Cc3cc(F)cc(F)c3)NC(=O)O)c21. The van der Waals surface area contributed by atoms with Gasteiger partial charge in [-0.15, -0.1) is 0 Å². The number of hydrogen-bond acceptors (Lipinski definition) is 6. The standard InChI is InChI=1S/C27H25ClF2N6O5S/c1-27(2,39)9-8-17-4-5-18(19-6-7-20(28)22-24(19)36(3)34-25(22)35-42(31,40)41)23(32-17)21(33-26(37)38)12-14-10-15(29)13-16(30)11-14/h4-7,10-11,13,21,33,39H,12H2,1-3H3,(H,34,35)(H,37,38)(H2,31,40,41). The molecule has 0 bridgehead atoms. The fraction of sp³-hybridized carbons (Fsp3) is 0.222. The van der Waals surface area contributed by atoms with Crippen molar-refractivity contribution in [1.29, 1.82) is 0 Å². The van der Waals surface area contributed by atoms with Crippen molar-refractivity contribution in [2.75, 3.05) is 4.72 Å². The van der Waals surface area contributed by atoms with E-state index < -0.39 is 39.6 Å². The number of hydrogen-bond donors (Lipinski definition) is 5. The summed E-state index contributed by atoms with van der Waals surface area (Å²) in [5, 5.41) is 31.8. The van der Waals surface area contributed by atoms with E-state index >= 15 is 0 Å². The van der Waals surface area contributed by atoms with Gasteiger partial charge >= 0.3 is 6.09 Å². The van der Waals surface area contributed by atoms with Crippen LogP contribution in [0.2, 0.25) is 5.02 Å². The molecular formula is C27H25ClF2N6O5S. The van der Waals surface area contributed by atoms with E-state index in [2.05, 4.69) is 32.0 Å². The first-order chi connectivity index (χ1) is 19.5. The molecule has 0 fully saturated rings. The summed E-state index contributed by atoms with van der Waals surface area (Å²) in [6, 6.07) is 7.93. The predicted molar refractivity (Wildman–Crippen MR) is 153 cm³/mol. The average molecular weight is 619 g/mol. The summed E-state index contributed by atoms with van der Waals surface area (Å²) >= 11 is 6.43. The van der Waals surface area contributed by atoms with Crippen LogP contribution < -0.4 is 15.2 Å². The first kappa shape index (κ1) is 30.7. The predicted octanol–water partition coefficient (Wildman–Crippen LogP) is 3.86. The number of aliphatic hydroxyl groups is 1. The number of anilines is 1. The summed E-state index contributed by atoms with van der Waals surface area (Å²) in [4.78, 5) is 16.5. The molecule has 2 heterocycles. The maximum absolute atomic E-state index is 14.0. The Morgan fingerprint density at radius 2 is 1.81 bits per heavy atom. The van der Waals surface area contributed by atoms with Gasteiger partial charge in [0.05, 0.1) is 27.7 Å². The number of halogens is 3. The van der Waals surface area contributed by atoms with Gasteiger partial charge in [0.1, 0.15) is 22.9 Å². The zero-order valence-corrected chi connectivity index (χ0v) is 24.0. The molecule has 42 heavy (non-hydrogen) atoms. The highest BCUT2D eigenvalue weighted by Crippen LogP contribution is 2.39. The number of amides is 1. The number of nitrogens with two attached hydrogens (primary N) is 1. The van der Waals surface area contributed by atoms with E-state index in [1.54, 1.807) is 12.1 Å². The van der Waals surface area contributed by atoms with Crippen LogP contribution in [-0.4, -0.2) is 45.1 Å². The van der Waals surface area contributed by atoms with E-state index in [1.165, 1.54) is 37.7 Å². The lowest BCUT2D eigenvalue weighted by Crippen LogP contribution is -2.30. The van der Waals surface area contributed by atoms with E-state index in [0.29, 0.717) is 22.7 Å². The van der Waals surface area contributed by atoms with Crippen molar-refractivity contribution < 1.29 is 32.2 Å². The molecular weight excluding hydrogens is 594 g/mol. The fourth-order valence-corrected chi connectivity index (χ4v) is 5.04. The number of carbonyl (C=O) groups is 1. The van der Waals surface area contributed by atoms with Crippen molar-refractivity contribution in [1.82, 2.24) is 20.1 Å². The highest BCUT2D eigenvalue weighted by atomic mass is 35.5. The lowest BCUT2D eigenvalue weighted by molar-refractivity contribution is 0.143. The van der Waals surface area contributed by atoms with Crippen molar-refractivity contribution >= 4 is 44.6 Å². The fourth-order valence-electron chi connectivity index (χ4n) is 4.39. The van der Waals surface area contributed by atoms with Crippen molar-refractivity contribution in [3.05, 3.63) is 76.1 Å². The summed E-state index contributed by atoms with van der Waals surface area (Å²) < 4.78 is 55.1. The maximum Gasteiger partial charge on any atom is 0.405 e. The Bertz CT molecular complexity index is 1860. The van der Waals surface area contributed by atoms with Gasteiger partial charge in [0.25, 0.3) is 10.2 Å². The van der Waals surface area contributed by atoms with Crippen molar-refractivity contribution in [3.8, 4) is 23.0 Å². The lowest BCUT2D eigenvalue weighted by Gasteiger charge is -2.21. The smallest absolute Gasteiger partial charge is 0.405 e. The first-order valence-electron chi connectivity index (χ1n) is 12.2. The average Bonchev–Trinajstić information content (AvgIpc) is 3.16. The molecule has 4 aromatic rings. The van der Waals surface area contributed by atoms with Gasteiger partial charge in [0, 0.05) is 24.2 Å². The molecule has 6 N–H and O–H groups in total. The summed E-state index contributed by atoms with van der Waals surface area (Å²) in [7, 11) is -2.68. The molecule has 0 aliphatic rings. The highest BCUT2D eigenvalue weighted by Gasteiger charge is 2.26. The van der Waals surface area contributed by atoms with Crippen LogP contribution in [0, 0.1) is 23.5 Å². The Kier molecular flexibility index (Phi) is 8.42. The molecule has 220 valence electrons. The Morgan fingerprint density at radius 1 is 1.17 bits per heavy atom. The third-order valence-corrected chi connectivity index (χ3v) is 6.67. The lowest BCUT2D eigenvalue weighted by atomic mass is 9.94. The van der Waals surface area contributed by atoms with Crippen LogP contribution in [0.3, 0.4) is 0 Å². The summed E-state index contributed by atoms with van der Waals surface area (Å²) in [5.74, 6) is 3.55.